The van der Waals surface area contributed by atoms with Crippen LogP contribution in [0.3, 0.4) is 0 Å². The van der Waals surface area contributed by atoms with Gasteiger partial charge in [0.1, 0.15) is 11.7 Å². The van der Waals surface area contributed by atoms with Gasteiger partial charge in [-0.2, -0.15) is 4.99 Å². The van der Waals surface area contributed by atoms with Crippen molar-refractivity contribution in [2.24, 2.45) is 16.5 Å². The lowest BCUT2D eigenvalue weighted by Gasteiger charge is -2.13. The second kappa shape index (κ2) is 9.68. The van der Waals surface area contributed by atoms with Crippen LogP contribution in [0.2, 0.25) is 0 Å². The van der Waals surface area contributed by atoms with Crippen LogP contribution in [0.5, 0.6) is 0 Å². The minimum Gasteiger partial charge on any atom is -0.383 e. The van der Waals surface area contributed by atoms with Crippen LogP contribution in [0.4, 0.5) is 14.9 Å². The van der Waals surface area contributed by atoms with Gasteiger partial charge in [0, 0.05) is 17.8 Å². The van der Waals surface area contributed by atoms with E-state index in [2.05, 4.69) is 10.3 Å². The predicted octanol–water partition coefficient (Wildman–Crippen LogP) is 4.17. The smallest absolute Gasteiger partial charge is 0.347 e. The Morgan fingerprint density at radius 3 is 2.31 bits per heavy atom. The number of aryl methyl sites for hydroxylation is 2. The summed E-state index contributed by atoms with van der Waals surface area (Å²) in [4.78, 5) is 15.9. The SMILES string of the molecule is CC.Cc1ccc(NC(=O)/N=C(\N)c2c(C)ccc(CN)c2C)cc1F. The van der Waals surface area contributed by atoms with Crippen molar-refractivity contribution in [3.05, 3.63) is 64.0 Å². The average molecular weight is 358 g/mol. The van der Waals surface area contributed by atoms with Crippen LogP contribution in [0.25, 0.3) is 0 Å². The Morgan fingerprint density at radius 2 is 1.73 bits per heavy atom. The van der Waals surface area contributed by atoms with E-state index in [-0.39, 0.29) is 5.84 Å². The number of rotatable bonds is 3. The monoisotopic (exact) mass is 358 g/mol. The molecule has 26 heavy (non-hydrogen) atoms. The number of amidine groups is 1. The third-order valence-corrected chi connectivity index (χ3v) is 3.91. The van der Waals surface area contributed by atoms with Crippen LogP contribution in [-0.2, 0) is 6.54 Å². The fraction of sp³-hybridized carbons (Fsp3) is 0.300. The van der Waals surface area contributed by atoms with E-state index < -0.39 is 11.8 Å². The summed E-state index contributed by atoms with van der Waals surface area (Å²) < 4.78 is 13.5. The summed E-state index contributed by atoms with van der Waals surface area (Å²) in [5.74, 6) is -0.294. The van der Waals surface area contributed by atoms with Crippen molar-refractivity contribution in [3.63, 3.8) is 0 Å². The third kappa shape index (κ3) is 5.13. The van der Waals surface area contributed by atoms with Crippen molar-refractivity contribution >= 4 is 17.6 Å². The Balaban J connectivity index is 0.00000163. The zero-order valence-corrected chi connectivity index (χ0v) is 16.0. The highest BCUT2D eigenvalue weighted by Crippen LogP contribution is 2.18. The number of urea groups is 1. The molecule has 0 aliphatic rings. The second-order valence-electron chi connectivity index (χ2n) is 5.64. The first-order valence-corrected chi connectivity index (χ1v) is 8.54. The molecule has 2 aromatic carbocycles. The van der Waals surface area contributed by atoms with Crippen molar-refractivity contribution in [1.29, 1.82) is 0 Å². The van der Waals surface area contributed by atoms with E-state index in [0.717, 1.165) is 16.7 Å². The van der Waals surface area contributed by atoms with Crippen LogP contribution in [0.15, 0.2) is 35.3 Å². The predicted molar refractivity (Wildman–Crippen MR) is 106 cm³/mol. The number of halogens is 1. The molecule has 140 valence electrons. The van der Waals surface area contributed by atoms with E-state index in [1.165, 1.54) is 6.07 Å². The van der Waals surface area contributed by atoms with Gasteiger partial charge in [-0.25, -0.2) is 9.18 Å². The Morgan fingerprint density at radius 1 is 1.12 bits per heavy atom. The molecule has 0 spiro atoms. The van der Waals surface area contributed by atoms with Crippen LogP contribution in [0.1, 0.15) is 41.7 Å². The molecule has 0 aliphatic carbocycles. The van der Waals surface area contributed by atoms with Gasteiger partial charge in [0.05, 0.1) is 0 Å². The molecule has 0 heterocycles. The molecule has 0 saturated carbocycles. The molecular weight excluding hydrogens is 331 g/mol. The maximum atomic E-state index is 13.5. The Kier molecular flexibility index (Phi) is 7.93. The quantitative estimate of drug-likeness (QED) is 0.568. The van der Waals surface area contributed by atoms with Crippen LogP contribution < -0.4 is 16.8 Å². The van der Waals surface area contributed by atoms with Crippen molar-refractivity contribution < 1.29 is 9.18 Å². The van der Waals surface area contributed by atoms with Gasteiger partial charge in [0.2, 0.25) is 0 Å². The molecule has 2 rings (SSSR count). The molecule has 0 saturated heterocycles. The van der Waals surface area contributed by atoms with E-state index in [1.807, 2.05) is 39.8 Å². The number of amides is 2. The molecule has 0 fully saturated rings. The van der Waals surface area contributed by atoms with Gasteiger partial charge in [0.25, 0.3) is 0 Å². The van der Waals surface area contributed by atoms with Crippen molar-refractivity contribution in [3.8, 4) is 0 Å². The minimum atomic E-state index is -0.660. The van der Waals surface area contributed by atoms with Gasteiger partial charge in [-0.3, -0.25) is 0 Å². The first-order valence-electron chi connectivity index (χ1n) is 8.54. The normalized spacial score (nSPS) is 10.8. The Hall–Kier alpha value is -2.73. The summed E-state index contributed by atoms with van der Waals surface area (Å²) in [5.41, 5.74) is 16.0. The maximum absolute atomic E-state index is 13.5. The molecular formula is C20H27FN4O. The molecule has 5 nitrogen and oxygen atoms in total. The lowest BCUT2D eigenvalue weighted by Crippen LogP contribution is -2.21. The molecule has 2 aromatic rings. The lowest BCUT2D eigenvalue weighted by molar-refractivity contribution is 0.259. The molecule has 5 N–H and O–H groups in total. The second-order valence-corrected chi connectivity index (χ2v) is 5.64. The van der Waals surface area contributed by atoms with Crippen molar-refractivity contribution in [2.45, 2.75) is 41.2 Å². The van der Waals surface area contributed by atoms with Gasteiger partial charge in [-0.1, -0.05) is 32.0 Å². The topological polar surface area (TPSA) is 93.5 Å². The first kappa shape index (κ1) is 21.3. The molecule has 0 bridgehead atoms. The van der Waals surface area contributed by atoms with Gasteiger partial charge in [0.15, 0.2) is 0 Å². The van der Waals surface area contributed by atoms with Crippen LogP contribution >= 0.6 is 0 Å². The van der Waals surface area contributed by atoms with Crippen molar-refractivity contribution in [2.75, 3.05) is 5.32 Å². The fourth-order valence-electron chi connectivity index (χ4n) is 2.49. The van der Waals surface area contributed by atoms with E-state index >= 15 is 0 Å². The van der Waals surface area contributed by atoms with Gasteiger partial charge in [-0.15, -0.1) is 0 Å². The summed E-state index contributed by atoms with van der Waals surface area (Å²) in [5, 5.41) is 2.51. The zero-order valence-electron chi connectivity index (χ0n) is 16.0. The average Bonchev–Trinajstić information content (AvgIpc) is 2.60. The molecule has 0 radical (unpaired) electrons. The standard InChI is InChI=1S/C18H21FN4O.C2H6/c1-10-5-7-14(8-15(10)19)22-18(24)23-17(21)16-11(2)4-6-13(9-20)12(16)3;1-2/h4-8H,9,20H2,1-3H3,(H3,21,22,23,24);1-2H3. The summed E-state index contributed by atoms with van der Waals surface area (Å²) in [6.45, 7) is 9.80. The molecule has 0 unspecified atom stereocenters. The largest absolute Gasteiger partial charge is 0.383 e. The lowest BCUT2D eigenvalue weighted by atomic mass is 9.97. The molecule has 0 aliphatic heterocycles. The summed E-state index contributed by atoms with van der Waals surface area (Å²) in [6, 6.07) is 7.58. The fourth-order valence-corrected chi connectivity index (χ4v) is 2.49. The maximum Gasteiger partial charge on any atom is 0.347 e. The number of nitrogens with one attached hydrogen (secondary N) is 1. The number of hydrogen-bond acceptors (Lipinski definition) is 2. The highest BCUT2D eigenvalue weighted by molar-refractivity contribution is 6.08. The molecule has 0 atom stereocenters. The number of benzene rings is 2. The summed E-state index contributed by atoms with van der Waals surface area (Å²) in [7, 11) is 0. The number of hydrogen-bond donors (Lipinski definition) is 3. The summed E-state index contributed by atoms with van der Waals surface area (Å²) in [6.07, 6.45) is 0. The van der Waals surface area contributed by atoms with E-state index in [9.17, 15) is 9.18 Å². The van der Waals surface area contributed by atoms with Crippen molar-refractivity contribution in [1.82, 2.24) is 0 Å². The number of nitrogens with two attached hydrogens (primary N) is 2. The third-order valence-electron chi connectivity index (χ3n) is 3.91. The number of nitrogens with zero attached hydrogens (tertiary/aromatic N) is 1. The molecule has 2 amide bonds. The highest BCUT2D eigenvalue weighted by Gasteiger charge is 2.12. The van der Waals surface area contributed by atoms with Gasteiger partial charge >= 0.3 is 6.03 Å². The molecule has 6 heteroatoms. The number of carbonyl (C=O) groups excluding carboxylic acids is 1. The number of anilines is 1. The molecule has 0 aromatic heterocycles. The van der Waals surface area contributed by atoms with E-state index in [1.54, 1.807) is 19.1 Å². The summed E-state index contributed by atoms with van der Waals surface area (Å²) >= 11 is 0. The number of carbonyl (C=O) groups is 1. The number of aliphatic imine (C=N–C) groups is 1. The van der Waals surface area contributed by atoms with Crippen LogP contribution in [-0.4, -0.2) is 11.9 Å². The zero-order chi connectivity index (χ0) is 19.9. The Bertz CT molecular complexity index is 816. The minimum absolute atomic E-state index is 0.102. The van der Waals surface area contributed by atoms with Gasteiger partial charge in [-0.05, 0) is 55.2 Å². The first-order chi connectivity index (χ1) is 12.3. The van der Waals surface area contributed by atoms with E-state index in [4.69, 9.17) is 11.5 Å². The highest BCUT2D eigenvalue weighted by atomic mass is 19.1. The van der Waals surface area contributed by atoms with Crippen LogP contribution in [0, 0.1) is 26.6 Å². The van der Waals surface area contributed by atoms with Gasteiger partial charge < -0.3 is 16.8 Å². The Labute approximate surface area is 154 Å². The van der Waals surface area contributed by atoms with E-state index in [0.29, 0.717) is 23.4 Å².